The zero-order chi connectivity index (χ0) is 10.8. The lowest BCUT2D eigenvalue weighted by atomic mass is 10.1. The molecule has 2 rings (SSSR count). The van der Waals surface area contributed by atoms with Gasteiger partial charge in [-0.15, -0.1) is 0 Å². The topological polar surface area (TPSA) is 39.4 Å². The maximum atomic E-state index is 11.1. The third-order valence-electron chi connectivity index (χ3n) is 2.18. The van der Waals surface area contributed by atoms with Crippen molar-refractivity contribution in [2.75, 3.05) is 7.11 Å². The fraction of sp³-hybridized carbons (Fsp3) is 0.182. The Bertz CT molecular complexity index is 545. The smallest absolute Gasteiger partial charge is 0.336 e. The zero-order valence-corrected chi connectivity index (χ0v) is 9.71. The molecular formula is C11H9BrO3. The highest BCUT2D eigenvalue weighted by Gasteiger charge is 2.05. The van der Waals surface area contributed by atoms with Crippen molar-refractivity contribution in [3.8, 4) is 5.75 Å². The maximum absolute atomic E-state index is 11.1. The Morgan fingerprint density at radius 3 is 2.87 bits per heavy atom. The molecule has 0 aliphatic rings. The Morgan fingerprint density at radius 1 is 1.40 bits per heavy atom. The van der Waals surface area contributed by atoms with Crippen LogP contribution in [0.5, 0.6) is 5.75 Å². The van der Waals surface area contributed by atoms with E-state index in [-0.39, 0.29) is 5.63 Å². The van der Waals surface area contributed by atoms with E-state index in [0.29, 0.717) is 16.7 Å². The molecule has 0 aliphatic heterocycles. The van der Waals surface area contributed by atoms with Gasteiger partial charge in [0.15, 0.2) is 0 Å². The zero-order valence-electron chi connectivity index (χ0n) is 8.12. The molecule has 0 fully saturated rings. The number of benzene rings is 1. The molecule has 0 unspecified atom stereocenters. The number of ether oxygens (including phenoxy) is 1. The van der Waals surface area contributed by atoms with Crippen molar-refractivity contribution in [3.63, 3.8) is 0 Å². The van der Waals surface area contributed by atoms with Crippen LogP contribution in [0.25, 0.3) is 11.0 Å². The number of methoxy groups -OCH3 is 1. The summed E-state index contributed by atoms with van der Waals surface area (Å²) in [6.45, 7) is 0. The molecule has 3 nitrogen and oxygen atoms in total. The van der Waals surface area contributed by atoms with Gasteiger partial charge in [-0.25, -0.2) is 4.79 Å². The summed E-state index contributed by atoms with van der Waals surface area (Å²) in [4.78, 5) is 11.1. The molecule has 0 spiro atoms. The van der Waals surface area contributed by atoms with Crippen molar-refractivity contribution in [2.45, 2.75) is 5.33 Å². The maximum Gasteiger partial charge on any atom is 0.336 e. The summed E-state index contributed by atoms with van der Waals surface area (Å²) in [5, 5.41) is 1.61. The van der Waals surface area contributed by atoms with Crippen LogP contribution < -0.4 is 10.4 Å². The van der Waals surface area contributed by atoms with Crippen LogP contribution >= 0.6 is 15.9 Å². The number of hydrogen-bond donors (Lipinski definition) is 0. The fourth-order valence-electron chi connectivity index (χ4n) is 1.45. The Morgan fingerprint density at radius 2 is 2.20 bits per heavy atom. The molecule has 0 amide bonds. The van der Waals surface area contributed by atoms with Crippen LogP contribution in [0.1, 0.15) is 5.56 Å². The molecule has 0 N–H and O–H groups in total. The second-order valence-corrected chi connectivity index (χ2v) is 3.65. The lowest BCUT2D eigenvalue weighted by Crippen LogP contribution is -1.96. The van der Waals surface area contributed by atoms with Crippen LogP contribution in [0.3, 0.4) is 0 Å². The van der Waals surface area contributed by atoms with Gasteiger partial charge < -0.3 is 9.15 Å². The van der Waals surface area contributed by atoms with Crippen LogP contribution in [0.2, 0.25) is 0 Å². The van der Waals surface area contributed by atoms with Gasteiger partial charge in [0, 0.05) is 22.8 Å². The van der Waals surface area contributed by atoms with Gasteiger partial charge in [0.25, 0.3) is 0 Å². The highest BCUT2D eigenvalue weighted by Crippen LogP contribution is 2.25. The second kappa shape index (κ2) is 4.06. The highest BCUT2D eigenvalue weighted by molar-refractivity contribution is 9.08. The van der Waals surface area contributed by atoms with Gasteiger partial charge in [-0.1, -0.05) is 15.9 Å². The Labute approximate surface area is 94.8 Å². The van der Waals surface area contributed by atoms with E-state index >= 15 is 0 Å². The van der Waals surface area contributed by atoms with Gasteiger partial charge in [-0.05, 0) is 17.7 Å². The van der Waals surface area contributed by atoms with Crippen LogP contribution in [-0.4, -0.2) is 7.11 Å². The first-order chi connectivity index (χ1) is 7.24. The quantitative estimate of drug-likeness (QED) is 0.621. The molecule has 0 aliphatic carbocycles. The normalized spacial score (nSPS) is 10.5. The van der Waals surface area contributed by atoms with Crippen LogP contribution in [0.15, 0.2) is 33.5 Å². The molecule has 1 heterocycles. The number of fused-ring (bicyclic) bond motifs is 1. The predicted octanol–water partition coefficient (Wildman–Crippen LogP) is 2.70. The van der Waals surface area contributed by atoms with Gasteiger partial charge in [-0.3, -0.25) is 0 Å². The summed E-state index contributed by atoms with van der Waals surface area (Å²) in [6, 6.07) is 6.80. The predicted molar refractivity (Wildman–Crippen MR) is 61.7 cm³/mol. The number of rotatable bonds is 2. The lowest BCUT2D eigenvalue weighted by Gasteiger charge is -2.05. The average molecular weight is 269 g/mol. The van der Waals surface area contributed by atoms with Gasteiger partial charge in [0.05, 0.1) is 7.11 Å². The van der Waals surface area contributed by atoms with Gasteiger partial charge in [0.1, 0.15) is 11.3 Å². The number of hydrogen-bond acceptors (Lipinski definition) is 3. The molecule has 15 heavy (non-hydrogen) atoms. The summed E-state index contributed by atoms with van der Waals surface area (Å²) in [7, 11) is 1.58. The molecule has 78 valence electrons. The molecule has 1 aromatic carbocycles. The lowest BCUT2D eigenvalue weighted by molar-refractivity contribution is 0.413. The third kappa shape index (κ3) is 1.90. The summed E-state index contributed by atoms with van der Waals surface area (Å²) >= 11 is 3.39. The molecular weight excluding hydrogens is 260 g/mol. The van der Waals surface area contributed by atoms with Crippen LogP contribution in [-0.2, 0) is 5.33 Å². The van der Waals surface area contributed by atoms with E-state index in [2.05, 4.69) is 15.9 Å². The molecule has 0 saturated carbocycles. The molecule has 0 bridgehead atoms. The van der Waals surface area contributed by atoms with Crippen molar-refractivity contribution in [1.82, 2.24) is 0 Å². The van der Waals surface area contributed by atoms with E-state index in [1.54, 1.807) is 19.2 Å². The molecule has 0 saturated heterocycles. The Hall–Kier alpha value is -1.29. The van der Waals surface area contributed by atoms with E-state index in [9.17, 15) is 4.79 Å². The molecule has 4 heteroatoms. The van der Waals surface area contributed by atoms with E-state index < -0.39 is 0 Å². The summed E-state index contributed by atoms with van der Waals surface area (Å²) in [5.41, 5.74) is 1.24. The van der Waals surface area contributed by atoms with Crippen molar-refractivity contribution >= 4 is 26.9 Å². The van der Waals surface area contributed by atoms with Crippen LogP contribution in [0.4, 0.5) is 0 Å². The van der Waals surface area contributed by atoms with E-state index in [4.69, 9.17) is 9.15 Å². The van der Waals surface area contributed by atoms with E-state index in [0.717, 1.165) is 10.9 Å². The highest BCUT2D eigenvalue weighted by atomic mass is 79.9. The molecule has 0 radical (unpaired) electrons. The van der Waals surface area contributed by atoms with Crippen molar-refractivity contribution in [3.05, 3.63) is 40.2 Å². The molecule has 2 aromatic rings. The van der Waals surface area contributed by atoms with Crippen LogP contribution in [0, 0.1) is 0 Å². The first-order valence-electron chi connectivity index (χ1n) is 4.41. The summed E-state index contributed by atoms with van der Waals surface area (Å²) < 4.78 is 10.2. The standard InChI is InChI=1S/C11H9BrO3/c1-14-8-4-7(6-12)9-2-3-11(13)15-10(9)5-8/h2-5H,6H2,1H3. The third-order valence-corrected chi connectivity index (χ3v) is 2.78. The minimum absolute atomic E-state index is 0.351. The summed E-state index contributed by atoms with van der Waals surface area (Å²) in [6.07, 6.45) is 0. The Kier molecular flexibility index (Phi) is 2.77. The van der Waals surface area contributed by atoms with Crippen molar-refractivity contribution < 1.29 is 9.15 Å². The first kappa shape index (κ1) is 10.2. The van der Waals surface area contributed by atoms with Crippen molar-refractivity contribution in [2.24, 2.45) is 0 Å². The summed E-state index contributed by atoms with van der Waals surface area (Å²) in [5.74, 6) is 0.686. The van der Waals surface area contributed by atoms with Crippen molar-refractivity contribution in [1.29, 1.82) is 0 Å². The molecule has 0 atom stereocenters. The van der Waals surface area contributed by atoms with Gasteiger partial charge >= 0.3 is 5.63 Å². The SMILES string of the molecule is COc1cc(CBr)c2ccc(=O)oc2c1. The van der Waals surface area contributed by atoms with E-state index in [1.165, 1.54) is 6.07 Å². The Balaban J connectivity index is 2.80. The minimum atomic E-state index is -0.351. The first-order valence-corrected chi connectivity index (χ1v) is 5.53. The fourth-order valence-corrected chi connectivity index (χ4v) is 1.92. The average Bonchev–Trinajstić information content (AvgIpc) is 2.26. The van der Waals surface area contributed by atoms with E-state index in [1.807, 2.05) is 6.07 Å². The minimum Gasteiger partial charge on any atom is -0.497 e. The largest absolute Gasteiger partial charge is 0.497 e. The number of halogens is 1. The second-order valence-electron chi connectivity index (χ2n) is 3.09. The monoisotopic (exact) mass is 268 g/mol. The molecule has 1 aromatic heterocycles. The van der Waals surface area contributed by atoms with Gasteiger partial charge in [-0.2, -0.15) is 0 Å². The number of alkyl halides is 1. The van der Waals surface area contributed by atoms with Gasteiger partial charge in [0.2, 0.25) is 0 Å².